The van der Waals surface area contributed by atoms with Gasteiger partial charge in [0.15, 0.2) is 0 Å². The fourth-order valence-corrected chi connectivity index (χ4v) is 7.58. The van der Waals surface area contributed by atoms with Crippen molar-refractivity contribution in [1.29, 1.82) is 0 Å². The van der Waals surface area contributed by atoms with Crippen molar-refractivity contribution in [2.24, 2.45) is 0 Å². The third kappa shape index (κ3) is 7.76. The summed E-state index contributed by atoms with van der Waals surface area (Å²) < 4.78 is 1.07. The van der Waals surface area contributed by atoms with Gasteiger partial charge in [0.05, 0.1) is 5.69 Å². The van der Waals surface area contributed by atoms with Crippen molar-refractivity contribution in [2.75, 3.05) is 4.90 Å². The first-order valence-electron chi connectivity index (χ1n) is 16.3. The zero-order chi connectivity index (χ0) is 34.1. The van der Waals surface area contributed by atoms with Gasteiger partial charge in [-0.3, -0.25) is 0 Å². The van der Waals surface area contributed by atoms with Crippen molar-refractivity contribution in [3.63, 3.8) is 0 Å². The molecule has 0 N–H and O–H groups in total. The predicted octanol–water partition coefficient (Wildman–Crippen LogP) is 14.7. The highest BCUT2D eigenvalue weighted by Gasteiger charge is 2.27. The van der Waals surface area contributed by atoms with Crippen molar-refractivity contribution < 1.29 is 0 Å². The molecule has 0 aliphatic rings. The van der Waals surface area contributed by atoms with Gasteiger partial charge in [0.1, 0.15) is 0 Å². The summed E-state index contributed by atoms with van der Waals surface area (Å²) in [4.78, 5) is 4.78. The fraction of sp³-hybridized carbons (Fsp3) is 0.182. The summed E-state index contributed by atoms with van der Waals surface area (Å²) in [5.41, 5.74) is 10.3. The maximum Gasteiger partial charge on any atom is 0.0618 e. The molecule has 0 aromatic heterocycles. The lowest BCUT2D eigenvalue weighted by Gasteiger charge is -2.34. The molecule has 0 saturated carbocycles. The molecule has 0 atom stereocenters. The van der Waals surface area contributed by atoms with E-state index in [0.29, 0.717) is 5.02 Å². The van der Waals surface area contributed by atoms with Crippen LogP contribution < -0.4 is 4.90 Å². The molecule has 0 amide bonds. The highest BCUT2D eigenvalue weighted by molar-refractivity contribution is 9.10. The van der Waals surface area contributed by atoms with Crippen LogP contribution in [0.25, 0.3) is 22.3 Å². The van der Waals surface area contributed by atoms with Gasteiger partial charge in [-0.05, 0) is 99.8 Å². The van der Waals surface area contributed by atoms with E-state index in [4.69, 9.17) is 11.6 Å². The number of hydrogen-bond acceptors (Lipinski definition) is 2. The number of benzene rings is 6. The molecule has 0 fully saturated rings. The normalized spacial score (nSPS) is 11.8. The Labute approximate surface area is 304 Å². The molecule has 242 valence electrons. The molecule has 0 saturated heterocycles. The Morgan fingerprint density at radius 2 is 1.08 bits per heavy atom. The maximum atomic E-state index is 6.78. The summed E-state index contributed by atoms with van der Waals surface area (Å²) in [6.07, 6.45) is 0. The molecule has 1 nitrogen and oxygen atoms in total. The van der Waals surface area contributed by atoms with Gasteiger partial charge in [-0.2, -0.15) is 0 Å². The van der Waals surface area contributed by atoms with E-state index >= 15 is 0 Å². The Bertz CT molecular complexity index is 1980. The molecular formula is C44H41BrClNS. The summed E-state index contributed by atoms with van der Waals surface area (Å²) in [7, 11) is 0. The number of hydrogen-bond donors (Lipinski definition) is 0. The van der Waals surface area contributed by atoms with Gasteiger partial charge >= 0.3 is 0 Å². The number of halogens is 2. The van der Waals surface area contributed by atoms with Gasteiger partial charge < -0.3 is 4.90 Å². The molecule has 0 spiro atoms. The summed E-state index contributed by atoms with van der Waals surface area (Å²) >= 11 is 12.2. The molecule has 0 heterocycles. The van der Waals surface area contributed by atoms with Crippen LogP contribution in [-0.2, 0) is 10.8 Å². The molecule has 0 unspecified atom stereocenters. The highest BCUT2D eigenvalue weighted by Crippen LogP contribution is 2.50. The standard InChI is InChI=1S/C44H41BrClNS/c1-43(2,3)32-23-37(29-39(24-32)48-38-22-13-19-34(45)27-38)47(36-21-14-20-35(46)28-36)42-40(30-15-9-7-10-16-30)25-33(44(4,5)6)26-41(42)31-17-11-8-12-18-31/h7-29H,1-6H3. The van der Waals surface area contributed by atoms with Gasteiger partial charge in [-0.25, -0.2) is 0 Å². The van der Waals surface area contributed by atoms with Crippen LogP contribution in [0.5, 0.6) is 0 Å². The fourth-order valence-electron chi connectivity index (χ4n) is 5.88. The monoisotopic (exact) mass is 729 g/mol. The van der Waals surface area contributed by atoms with Gasteiger partial charge in [0, 0.05) is 41.8 Å². The minimum Gasteiger partial charge on any atom is -0.309 e. The molecule has 4 heteroatoms. The van der Waals surface area contributed by atoms with Gasteiger partial charge in [0.2, 0.25) is 0 Å². The highest BCUT2D eigenvalue weighted by atomic mass is 79.9. The van der Waals surface area contributed by atoms with Crippen LogP contribution in [0.1, 0.15) is 52.7 Å². The summed E-state index contributed by atoms with van der Waals surface area (Å²) in [6, 6.07) is 50.1. The first kappa shape index (κ1) is 34.1. The van der Waals surface area contributed by atoms with Crippen LogP contribution >= 0.6 is 39.3 Å². The van der Waals surface area contributed by atoms with E-state index in [0.717, 1.165) is 21.5 Å². The van der Waals surface area contributed by atoms with E-state index in [9.17, 15) is 0 Å². The Morgan fingerprint density at radius 3 is 1.62 bits per heavy atom. The molecule has 6 aromatic carbocycles. The van der Waals surface area contributed by atoms with Crippen LogP contribution in [-0.4, -0.2) is 0 Å². The lowest BCUT2D eigenvalue weighted by molar-refractivity contribution is 0.588. The second-order valence-electron chi connectivity index (χ2n) is 14.2. The average Bonchev–Trinajstić information content (AvgIpc) is 3.05. The zero-order valence-corrected chi connectivity index (χ0v) is 31.5. The Balaban J connectivity index is 1.73. The summed E-state index contributed by atoms with van der Waals surface area (Å²) in [5.74, 6) is 0. The topological polar surface area (TPSA) is 3.24 Å². The molecule has 0 radical (unpaired) electrons. The van der Waals surface area contributed by atoms with Crippen LogP contribution in [0.4, 0.5) is 17.1 Å². The summed E-state index contributed by atoms with van der Waals surface area (Å²) in [5, 5.41) is 0.696. The Morgan fingerprint density at radius 1 is 0.521 bits per heavy atom. The van der Waals surface area contributed by atoms with E-state index in [-0.39, 0.29) is 10.8 Å². The van der Waals surface area contributed by atoms with Crippen LogP contribution in [0.2, 0.25) is 5.02 Å². The largest absolute Gasteiger partial charge is 0.309 e. The lowest BCUT2D eigenvalue weighted by atomic mass is 9.81. The maximum absolute atomic E-state index is 6.78. The number of nitrogens with zero attached hydrogens (tertiary/aromatic N) is 1. The third-order valence-electron chi connectivity index (χ3n) is 8.48. The van der Waals surface area contributed by atoms with Crippen molar-refractivity contribution in [3.8, 4) is 22.3 Å². The zero-order valence-electron chi connectivity index (χ0n) is 28.4. The Kier molecular flexibility index (Phi) is 9.95. The van der Waals surface area contributed by atoms with Crippen LogP contribution in [0, 0.1) is 0 Å². The molecule has 0 bridgehead atoms. The molecule has 6 aromatic rings. The molecule has 0 aliphatic carbocycles. The lowest BCUT2D eigenvalue weighted by Crippen LogP contribution is -2.18. The van der Waals surface area contributed by atoms with E-state index in [2.05, 4.69) is 190 Å². The summed E-state index contributed by atoms with van der Waals surface area (Å²) in [6.45, 7) is 13.7. The first-order valence-corrected chi connectivity index (χ1v) is 18.3. The molecular weight excluding hydrogens is 690 g/mol. The van der Waals surface area contributed by atoms with E-state index < -0.39 is 0 Å². The van der Waals surface area contributed by atoms with Gasteiger partial charge in [-0.1, -0.05) is 154 Å². The SMILES string of the molecule is CC(C)(C)c1cc(Sc2cccc(Br)c2)cc(N(c2cccc(Cl)c2)c2c(-c3ccccc3)cc(C(C)(C)C)cc2-c2ccccc2)c1. The van der Waals surface area contributed by atoms with Crippen LogP contribution in [0.3, 0.4) is 0 Å². The van der Waals surface area contributed by atoms with E-state index in [1.807, 2.05) is 12.1 Å². The second kappa shape index (κ2) is 14.0. The van der Waals surface area contributed by atoms with Crippen molar-refractivity contribution in [1.82, 2.24) is 0 Å². The third-order valence-corrected chi connectivity index (χ3v) is 10.2. The van der Waals surface area contributed by atoms with Crippen molar-refractivity contribution in [2.45, 2.75) is 62.2 Å². The predicted molar refractivity (Wildman–Crippen MR) is 213 cm³/mol. The molecule has 0 aliphatic heterocycles. The smallest absolute Gasteiger partial charge is 0.0618 e. The van der Waals surface area contributed by atoms with Crippen LogP contribution in [0.15, 0.2) is 154 Å². The van der Waals surface area contributed by atoms with Crippen molar-refractivity contribution >= 4 is 56.4 Å². The van der Waals surface area contributed by atoms with E-state index in [1.54, 1.807) is 11.8 Å². The first-order chi connectivity index (χ1) is 22.9. The number of anilines is 3. The van der Waals surface area contributed by atoms with Gasteiger partial charge in [0.25, 0.3) is 0 Å². The number of rotatable bonds is 7. The quantitative estimate of drug-likeness (QED) is 0.161. The van der Waals surface area contributed by atoms with Gasteiger partial charge in [-0.15, -0.1) is 0 Å². The minimum absolute atomic E-state index is 0.0631. The molecule has 6 rings (SSSR count). The minimum atomic E-state index is -0.0802. The van der Waals surface area contributed by atoms with Crippen molar-refractivity contribution in [3.05, 3.63) is 160 Å². The second-order valence-corrected chi connectivity index (χ2v) is 16.7. The average molecular weight is 731 g/mol. The van der Waals surface area contributed by atoms with E-state index in [1.165, 1.54) is 43.2 Å². The molecule has 48 heavy (non-hydrogen) atoms. The Hall–Kier alpha value is -3.76.